The van der Waals surface area contributed by atoms with E-state index in [1.54, 1.807) is 32.9 Å². The first kappa shape index (κ1) is 34.7. The van der Waals surface area contributed by atoms with Gasteiger partial charge in [0.05, 0.1) is 32.2 Å². The number of nitrogens with zero attached hydrogens (tertiary/aromatic N) is 1. The van der Waals surface area contributed by atoms with Crippen molar-refractivity contribution < 1.29 is 28.6 Å². The summed E-state index contributed by atoms with van der Waals surface area (Å²) in [6, 6.07) is 27.8. The van der Waals surface area contributed by atoms with E-state index >= 15 is 0 Å². The van der Waals surface area contributed by atoms with Gasteiger partial charge in [0, 0.05) is 25.0 Å². The normalized spacial score (nSPS) is 12.1. The molecule has 0 bridgehead atoms. The number of Topliss-reactive ketones (excluding diaryl/α,β-unsaturated/α-hetero) is 1. The number of carbonyl (C=O) groups is 3. The minimum atomic E-state index is -0.909. The van der Waals surface area contributed by atoms with Crippen molar-refractivity contribution in [3.63, 3.8) is 0 Å². The molecule has 0 N–H and O–H groups in total. The summed E-state index contributed by atoms with van der Waals surface area (Å²) in [5, 5.41) is 0. The number of carbonyl (C=O) groups excluding carboxylic acids is 3. The second-order valence-corrected chi connectivity index (χ2v) is 11.7. The molecule has 7 heteroatoms. The summed E-state index contributed by atoms with van der Waals surface area (Å²) in [7, 11) is 1.36. The molecule has 0 aliphatic rings. The van der Waals surface area contributed by atoms with Crippen LogP contribution in [0.25, 0.3) is 0 Å². The van der Waals surface area contributed by atoms with E-state index in [9.17, 15) is 14.4 Å². The van der Waals surface area contributed by atoms with Crippen molar-refractivity contribution in [3.8, 4) is 0 Å². The molecule has 0 amide bonds. The summed E-state index contributed by atoms with van der Waals surface area (Å²) in [5.74, 6) is -0.855. The first-order chi connectivity index (χ1) is 21.2. The van der Waals surface area contributed by atoms with Gasteiger partial charge in [0.15, 0.2) is 5.78 Å². The topological polar surface area (TPSA) is 82.1 Å². The molecular weight excluding hydrogens is 554 g/mol. The molecule has 236 valence electrons. The van der Waals surface area contributed by atoms with Crippen molar-refractivity contribution >= 4 is 17.7 Å². The Kier molecular flexibility index (Phi) is 14.3. The lowest BCUT2D eigenvalue weighted by molar-refractivity contribution is -0.149. The highest BCUT2D eigenvalue weighted by Crippen LogP contribution is 2.25. The highest BCUT2D eigenvalue weighted by Gasteiger charge is 2.34. The molecule has 0 aromatic heterocycles. The van der Waals surface area contributed by atoms with E-state index in [4.69, 9.17) is 14.2 Å². The molecule has 0 heterocycles. The van der Waals surface area contributed by atoms with E-state index in [1.165, 1.54) is 12.7 Å². The standard InChI is InChI=1S/C37H47NO6/c1-5-43-35(40)26-37(2,3)33(39)28-38(27-31-20-22-32(23-21-31)36(41)42-4)34(25-30-18-11-7-12-19-30)44-24-14-8-13-17-29-15-9-6-10-16-29/h6-7,9-12,15-16,18-23,34H,5,8,13-14,17,24-28H2,1-4H3. The van der Waals surface area contributed by atoms with Crippen molar-refractivity contribution in [2.75, 3.05) is 26.9 Å². The molecule has 1 atom stereocenters. The molecule has 0 aliphatic carbocycles. The number of aryl methyl sites for hydroxylation is 1. The summed E-state index contributed by atoms with van der Waals surface area (Å²) in [4.78, 5) is 40.1. The average Bonchev–Trinajstić information content (AvgIpc) is 3.02. The number of rotatable bonds is 19. The van der Waals surface area contributed by atoms with Gasteiger partial charge in [-0.25, -0.2) is 4.79 Å². The molecule has 3 aromatic carbocycles. The molecule has 0 spiro atoms. The molecule has 3 aromatic rings. The first-order valence-corrected chi connectivity index (χ1v) is 15.5. The second kappa shape index (κ2) is 18.1. The number of benzene rings is 3. The first-order valence-electron chi connectivity index (χ1n) is 15.5. The Morgan fingerprint density at radius 1 is 0.795 bits per heavy atom. The van der Waals surface area contributed by atoms with Crippen LogP contribution >= 0.6 is 0 Å². The van der Waals surface area contributed by atoms with Crippen LogP contribution in [0.15, 0.2) is 84.9 Å². The molecule has 0 saturated heterocycles. The van der Waals surface area contributed by atoms with E-state index in [0.29, 0.717) is 25.1 Å². The number of ketones is 1. The van der Waals surface area contributed by atoms with Gasteiger partial charge in [0.25, 0.3) is 0 Å². The van der Waals surface area contributed by atoms with Crippen LogP contribution in [-0.4, -0.2) is 55.7 Å². The van der Waals surface area contributed by atoms with Crippen LogP contribution < -0.4 is 0 Å². The Hall–Kier alpha value is -3.81. The molecule has 0 aliphatic heterocycles. The maximum Gasteiger partial charge on any atom is 0.337 e. The van der Waals surface area contributed by atoms with Crippen LogP contribution in [0.2, 0.25) is 0 Å². The van der Waals surface area contributed by atoms with E-state index in [2.05, 4.69) is 36.4 Å². The Balaban J connectivity index is 1.78. The molecule has 1 unspecified atom stereocenters. The number of hydrogen-bond acceptors (Lipinski definition) is 7. The third-order valence-electron chi connectivity index (χ3n) is 7.68. The Bertz CT molecular complexity index is 1290. The number of unbranched alkanes of at least 4 members (excludes halogenated alkanes) is 2. The zero-order valence-electron chi connectivity index (χ0n) is 26.6. The summed E-state index contributed by atoms with van der Waals surface area (Å²) >= 11 is 0. The van der Waals surface area contributed by atoms with Crippen LogP contribution in [0.3, 0.4) is 0 Å². The summed E-state index contributed by atoms with van der Waals surface area (Å²) in [6.07, 6.45) is 4.27. The maximum absolute atomic E-state index is 13.7. The lowest BCUT2D eigenvalue weighted by atomic mass is 9.84. The molecule has 7 nitrogen and oxygen atoms in total. The largest absolute Gasteiger partial charge is 0.466 e. The maximum atomic E-state index is 13.7. The van der Waals surface area contributed by atoms with Gasteiger partial charge in [-0.05, 0) is 55.0 Å². The van der Waals surface area contributed by atoms with Crippen molar-refractivity contribution in [2.24, 2.45) is 5.41 Å². The van der Waals surface area contributed by atoms with Gasteiger partial charge in [-0.15, -0.1) is 0 Å². The quantitative estimate of drug-likeness (QED) is 0.0847. The number of ether oxygens (including phenoxy) is 3. The third-order valence-corrected chi connectivity index (χ3v) is 7.68. The molecule has 0 saturated carbocycles. The zero-order valence-corrected chi connectivity index (χ0v) is 26.6. The fraction of sp³-hybridized carbons (Fsp3) is 0.432. The van der Waals surface area contributed by atoms with E-state index in [1.807, 2.05) is 41.3 Å². The van der Waals surface area contributed by atoms with Crippen molar-refractivity contribution in [1.29, 1.82) is 0 Å². The monoisotopic (exact) mass is 601 g/mol. The molecule has 0 radical (unpaired) electrons. The van der Waals surface area contributed by atoms with Crippen LogP contribution in [0, 0.1) is 5.41 Å². The van der Waals surface area contributed by atoms with Crippen LogP contribution in [0.4, 0.5) is 0 Å². The van der Waals surface area contributed by atoms with Crippen LogP contribution in [-0.2, 0) is 43.2 Å². The van der Waals surface area contributed by atoms with E-state index in [0.717, 1.165) is 36.8 Å². The number of esters is 2. The predicted octanol–water partition coefficient (Wildman–Crippen LogP) is 6.82. The SMILES string of the molecule is CCOC(=O)CC(C)(C)C(=O)CN(Cc1ccc(C(=O)OC)cc1)C(Cc1ccccc1)OCCCCCc1ccccc1. The number of hydrogen-bond donors (Lipinski definition) is 0. The van der Waals surface area contributed by atoms with Gasteiger partial charge in [0.1, 0.15) is 6.23 Å². The third kappa shape index (κ3) is 11.7. The Labute approximate surface area is 262 Å². The van der Waals surface area contributed by atoms with E-state index < -0.39 is 11.4 Å². The average molecular weight is 602 g/mol. The van der Waals surface area contributed by atoms with Gasteiger partial charge in [-0.3, -0.25) is 14.5 Å². The Morgan fingerprint density at radius 3 is 2.05 bits per heavy atom. The summed E-state index contributed by atoms with van der Waals surface area (Å²) in [6.45, 7) is 6.68. The minimum Gasteiger partial charge on any atom is -0.466 e. The van der Waals surface area contributed by atoms with Crippen LogP contribution in [0.1, 0.15) is 73.5 Å². The molecule has 0 fully saturated rings. The number of methoxy groups -OCH3 is 1. The molecular formula is C37H47NO6. The highest BCUT2D eigenvalue weighted by molar-refractivity contribution is 5.90. The Morgan fingerprint density at radius 2 is 1.43 bits per heavy atom. The predicted molar refractivity (Wildman–Crippen MR) is 172 cm³/mol. The van der Waals surface area contributed by atoms with Crippen molar-refractivity contribution in [1.82, 2.24) is 4.90 Å². The van der Waals surface area contributed by atoms with Crippen molar-refractivity contribution in [2.45, 2.75) is 72.1 Å². The minimum absolute atomic E-state index is 0.00691. The van der Waals surface area contributed by atoms with Gasteiger partial charge < -0.3 is 14.2 Å². The van der Waals surface area contributed by atoms with Crippen LogP contribution in [0.5, 0.6) is 0 Å². The fourth-order valence-corrected chi connectivity index (χ4v) is 5.01. The van der Waals surface area contributed by atoms with Crippen molar-refractivity contribution in [3.05, 3.63) is 107 Å². The lowest BCUT2D eigenvalue weighted by Crippen LogP contribution is -2.45. The second-order valence-electron chi connectivity index (χ2n) is 11.7. The van der Waals surface area contributed by atoms with Gasteiger partial charge in [-0.1, -0.05) is 93.1 Å². The molecule has 44 heavy (non-hydrogen) atoms. The zero-order chi connectivity index (χ0) is 31.8. The van der Waals surface area contributed by atoms with Gasteiger partial charge in [-0.2, -0.15) is 0 Å². The lowest BCUT2D eigenvalue weighted by Gasteiger charge is -2.34. The highest BCUT2D eigenvalue weighted by atomic mass is 16.5. The summed E-state index contributed by atoms with van der Waals surface area (Å²) < 4.78 is 16.5. The molecule has 3 rings (SSSR count). The smallest absolute Gasteiger partial charge is 0.337 e. The summed E-state index contributed by atoms with van der Waals surface area (Å²) in [5.41, 5.74) is 2.92. The van der Waals surface area contributed by atoms with Gasteiger partial charge >= 0.3 is 11.9 Å². The fourth-order valence-electron chi connectivity index (χ4n) is 5.01. The van der Waals surface area contributed by atoms with Gasteiger partial charge in [0.2, 0.25) is 0 Å². The van der Waals surface area contributed by atoms with E-state index in [-0.39, 0.29) is 37.6 Å².